The number of phosphoric acid groups is 2. The van der Waals surface area contributed by atoms with Gasteiger partial charge in [-0.25, -0.2) is 9.13 Å². The van der Waals surface area contributed by atoms with Crippen LogP contribution in [0.4, 0.5) is 52.7 Å². The molecule has 0 heterocycles. The molecule has 0 fully saturated rings. The minimum atomic E-state index is -5.49. The van der Waals surface area contributed by atoms with Gasteiger partial charge in [0, 0.05) is 0 Å². The summed E-state index contributed by atoms with van der Waals surface area (Å²) in [6.45, 7) is -12.0. The molecule has 0 aliphatic rings. The minimum Gasteiger partial charge on any atom is -0.277 e. The summed E-state index contributed by atoms with van der Waals surface area (Å²) >= 11 is 0. The maximum atomic E-state index is 12.1. The summed E-state index contributed by atoms with van der Waals surface area (Å²) in [7, 11) is -11.0. The topological polar surface area (TPSA) is 89.5 Å². The van der Waals surface area contributed by atoms with Crippen molar-refractivity contribution < 1.29 is 89.0 Å². The van der Waals surface area contributed by atoms with Gasteiger partial charge in [0.2, 0.25) is 0 Å². The van der Waals surface area contributed by atoms with Gasteiger partial charge in [-0.2, -0.15) is 52.7 Å². The molecular formula is C12H12F12O8P2. The minimum absolute atomic E-state index is 1.30. The van der Waals surface area contributed by atoms with Crippen molar-refractivity contribution in [1.29, 1.82) is 0 Å². The van der Waals surface area contributed by atoms with Gasteiger partial charge < -0.3 is 0 Å². The van der Waals surface area contributed by atoms with Crippen LogP contribution in [0.25, 0.3) is 0 Å². The lowest BCUT2D eigenvalue weighted by molar-refractivity contribution is -0.171. The molecule has 0 bridgehead atoms. The second-order valence-corrected chi connectivity index (χ2v) is 8.69. The van der Waals surface area contributed by atoms with Crippen LogP contribution in [-0.4, -0.2) is 64.3 Å². The molecule has 0 saturated carbocycles. The Balaban J connectivity index is 5.02. The van der Waals surface area contributed by atoms with E-state index in [0.29, 0.717) is 0 Å². The van der Waals surface area contributed by atoms with Crippen molar-refractivity contribution in [3.63, 3.8) is 0 Å². The Morgan fingerprint density at radius 2 is 0.647 bits per heavy atom. The van der Waals surface area contributed by atoms with Gasteiger partial charge in [0.1, 0.15) is 13.2 Å². The van der Waals surface area contributed by atoms with Crippen molar-refractivity contribution in [3.05, 3.63) is 0 Å². The SMILES string of the molecule is O=P(OCC#CCOP(=O)(OCC(F)(F)F)OCC(F)(F)F)(OCC(F)(F)F)OCC(F)(F)F. The Morgan fingerprint density at radius 3 is 0.824 bits per heavy atom. The van der Waals surface area contributed by atoms with Crippen LogP contribution in [0.15, 0.2) is 0 Å². The third kappa shape index (κ3) is 19.3. The van der Waals surface area contributed by atoms with Crippen molar-refractivity contribution in [2.24, 2.45) is 0 Å². The molecule has 0 rings (SSSR count). The maximum absolute atomic E-state index is 12.1. The molecule has 8 nitrogen and oxygen atoms in total. The molecule has 0 saturated heterocycles. The standard InChI is InChI=1S/C12H12F12O8P2/c13-9(14,15)5-29-33(25,30-6-10(16,17)18)27-3-1-2-4-28-34(26,31-7-11(19,20)21)32-8-12(22,23)24/h3-8H2. The van der Waals surface area contributed by atoms with Gasteiger partial charge in [-0.1, -0.05) is 11.8 Å². The fraction of sp³-hybridized carbons (Fsp3) is 0.833. The van der Waals surface area contributed by atoms with Crippen LogP contribution in [-0.2, 0) is 36.3 Å². The third-order valence-corrected chi connectivity index (χ3v) is 4.93. The van der Waals surface area contributed by atoms with Gasteiger partial charge in [-0.3, -0.25) is 27.1 Å². The van der Waals surface area contributed by atoms with Crippen molar-refractivity contribution in [2.75, 3.05) is 39.6 Å². The van der Waals surface area contributed by atoms with E-state index in [0.717, 1.165) is 0 Å². The Kier molecular flexibility index (Phi) is 12.4. The van der Waals surface area contributed by atoms with E-state index in [1.165, 1.54) is 0 Å². The van der Waals surface area contributed by atoms with Crippen LogP contribution in [0.5, 0.6) is 0 Å². The molecule has 0 atom stereocenters. The first-order valence-electron chi connectivity index (χ1n) is 7.83. The Morgan fingerprint density at radius 1 is 0.441 bits per heavy atom. The molecule has 0 N–H and O–H groups in total. The lowest BCUT2D eigenvalue weighted by Crippen LogP contribution is -2.20. The highest BCUT2D eigenvalue weighted by molar-refractivity contribution is 7.48. The molecule has 0 aromatic carbocycles. The molecule has 0 radical (unpaired) electrons. The van der Waals surface area contributed by atoms with Crippen molar-refractivity contribution in [2.45, 2.75) is 24.7 Å². The number of alkyl halides is 12. The first-order chi connectivity index (χ1) is 15.0. The predicted octanol–water partition coefficient (Wildman–Crippen LogP) is 5.55. The third-order valence-electron chi connectivity index (χ3n) is 2.26. The highest BCUT2D eigenvalue weighted by Crippen LogP contribution is 2.52. The lowest BCUT2D eigenvalue weighted by atomic mass is 10.6. The van der Waals surface area contributed by atoms with Crippen LogP contribution < -0.4 is 0 Å². The van der Waals surface area contributed by atoms with Crippen LogP contribution in [0.1, 0.15) is 0 Å². The molecule has 0 amide bonds. The second kappa shape index (κ2) is 12.8. The Hall–Kier alpha value is -1.06. The largest absolute Gasteiger partial charge is 0.476 e. The van der Waals surface area contributed by atoms with E-state index in [9.17, 15) is 61.8 Å². The van der Waals surface area contributed by atoms with E-state index in [2.05, 4.69) is 27.1 Å². The zero-order valence-corrected chi connectivity index (χ0v) is 17.7. The normalized spacial score (nSPS) is 14.1. The number of halogens is 12. The highest BCUT2D eigenvalue weighted by Gasteiger charge is 2.41. The van der Waals surface area contributed by atoms with Crippen LogP contribution >= 0.6 is 15.6 Å². The summed E-state index contributed by atoms with van der Waals surface area (Å²) in [6.07, 6.45) is -20.6. The van der Waals surface area contributed by atoms with Crippen molar-refractivity contribution in [1.82, 2.24) is 0 Å². The predicted molar refractivity (Wildman–Crippen MR) is 82.9 cm³/mol. The van der Waals surface area contributed by atoms with E-state index in [1.807, 2.05) is 0 Å². The molecule has 0 spiro atoms. The summed E-state index contributed by atoms with van der Waals surface area (Å²) in [6, 6.07) is 0. The summed E-state index contributed by atoms with van der Waals surface area (Å²) in [4.78, 5) is 0. The molecular weight excluding hydrogens is 562 g/mol. The molecule has 0 aliphatic carbocycles. The smallest absolute Gasteiger partial charge is 0.277 e. The molecule has 0 unspecified atom stereocenters. The summed E-state index contributed by atoms with van der Waals surface area (Å²) in [5, 5.41) is 0. The number of phosphoric ester groups is 2. The molecule has 22 heteroatoms. The number of hydrogen-bond acceptors (Lipinski definition) is 8. The van der Waals surface area contributed by atoms with E-state index < -0.39 is 80.0 Å². The average Bonchev–Trinajstić information content (AvgIpc) is 2.63. The second-order valence-electron chi connectivity index (χ2n) is 5.35. The maximum Gasteiger partial charge on any atom is 0.476 e. The Labute approximate surface area is 182 Å². The summed E-state index contributed by atoms with van der Waals surface area (Å²) in [5.41, 5.74) is 0. The van der Waals surface area contributed by atoms with Crippen LogP contribution in [0.3, 0.4) is 0 Å². The number of hydrogen-bond donors (Lipinski definition) is 0. The average molecular weight is 574 g/mol. The van der Waals surface area contributed by atoms with Crippen molar-refractivity contribution >= 4 is 15.6 Å². The summed E-state index contributed by atoms with van der Waals surface area (Å²) in [5.74, 6) is 3.37. The highest BCUT2D eigenvalue weighted by atomic mass is 31.2. The van der Waals surface area contributed by atoms with Gasteiger partial charge in [0.25, 0.3) is 0 Å². The van der Waals surface area contributed by atoms with Gasteiger partial charge >= 0.3 is 40.4 Å². The van der Waals surface area contributed by atoms with E-state index in [-0.39, 0.29) is 0 Å². The number of rotatable bonds is 12. The van der Waals surface area contributed by atoms with Gasteiger partial charge in [-0.15, -0.1) is 0 Å². The van der Waals surface area contributed by atoms with Crippen molar-refractivity contribution in [3.8, 4) is 11.8 Å². The van der Waals surface area contributed by atoms with Gasteiger partial charge in [-0.05, 0) is 0 Å². The first-order valence-corrected chi connectivity index (χ1v) is 10.8. The Bertz CT molecular complexity index is 674. The van der Waals surface area contributed by atoms with E-state index in [1.54, 1.807) is 11.8 Å². The molecule has 0 aromatic heterocycles. The molecule has 0 aliphatic heterocycles. The lowest BCUT2D eigenvalue weighted by Gasteiger charge is -2.19. The van der Waals surface area contributed by atoms with E-state index in [4.69, 9.17) is 0 Å². The van der Waals surface area contributed by atoms with E-state index >= 15 is 0 Å². The zero-order chi connectivity index (χ0) is 26.9. The molecule has 0 aromatic rings. The molecule has 34 heavy (non-hydrogen) atoms. The van der Waals surface area contributed by atoms with Gasteiger partial charge in [0.15, 0.2) is 26.4 Å². The summed E-state index contributed by atoms with van der Waals surface area (Å²) < 4.78 is 192. The fourth-order valence-corrected chi connectivity index (χ4v) is 3.27. The quantitative estimate of drug-likeness (QED) is 0.170. The fourth-order valence-electron chi connectivity index (χ4n) is 1.16. The van der Waals surface area contributed by atoms with Gasteiger partial charge in [0.05, 0.1) is 0 Å². The monoisotopic (exact) mass is 574 g/mol. The van der Waals surface area contributed by atoms with Crippen LogP contribution in [0.2, 0.25) is 0 Å². The zero-order valence-electron chi connectivity index (χ0n) is 15.9. The first kappa shape index (κ1) is 32.9. The molecule has 202 valence electrons. The van der Waals surface area contributed by atoms with Crippen LogP contribution in [0, 0.1) is 11.8 Å².